The number of hydrogen-bond acceptors (Lipinski definition) is 4. The number of anilines is 1. The van der Waals surface area contributed by atoms with Gasteiger partial charge in [-0.3, -0.25) is 10.1 Å². The van der Waals surface area contributed by atoms with Gasteiger partial charge in [0.15, 0.2) is 0 Å². The Morgan fingerprint density at radius 3 is 2.87 bits per heavy atom. The molecule has 3 aromatic heterocycles. The minimum absolute atomic E-state index is 0.860. The van der Waals surface area contributed by atoms with E-state index in [1.54, 1.807) is 0 Å². The monoisotopic (exact) mass is 414 g/mol. The molecule has 5 heterocycles. The molecule has 31 heavy (non-hydrogen) atoms. The lowest BCUT2D eigenvalue weighted by Gasteiger charge is -2.28. The molecule has 0 saturated carbocycles. The van der Waals surface area contributed by atoms with Crippen LogP contribution in [0.2, 0.25) is 0 Å². The lowest BCUT2D eigenvalue weighted by molar-refractivity contribution is 0.578. The van der Waals surface area contributed by atoms with Crippen LogP contribution in [0, 0.1) is 0 Å². The third-order valence-electron chi connectivity index (χ3n) is 6.45. The smallest absolute Gasteiger partial charge is 0.116 e. The number of nitrogens with one attached hydrogen (secondary N) is 3. The van der Waals surface area contributed by atoms with E-state index >= 15 is 0 Å². The van der Waals surface area contributed by atoms with E-state index in [4.69, 9.17) is 0 Å². The molecule has 0 aromatic carbocycles. The first-order valence-corrected chi connectivity index (χ1v) is 11.2. The first-order valence-electron chi connectivity index (χ1n) is 11.2. The Kier molecular flexibility index (Phi) is 5.47. The highest BCUT2D eigenvalue weighted by Gasteiger charge is 2.16. The maximum Gasteiger partial charge on any atom is 0.116 e. The molecule has 2 aliphatic rings. The number of nitrogens with zero attached hydrogens (tertiary/aromatic N) is 3. The average Bonchev–Trinajstić information content (AvgIpc) is 3.41. The number of aromatic nitrogens is 4. The van der Waals surface area contributed by atoms with E-state index in [-0.39, 0.29) is 0 Å². The van der Waals surface area contributed by atoms with Gasteiger partial charge < -0.3 is 15.2 Å². The fourth-order valence-corrected chi connectivity index (χ4v) is 4.59. The summed E-state index contributed by atoms with van der Waals surface area (Å²) in [6.45, 7) is 10.7. The molecule has 1 fully saturated rings. The van der Waals surface area contributed by atoms with Crippen LogP contribution in [0.4, 0.5) is 5.69 Å². The number of aromatic amines is 2. The second-order valence-corrected chi connectivity index (χ2v) is 8.51. The number of allylic oxidation sites excluding steroid dienone is 2. The van der Waals surface area contributed by atoms with Gasteiger partial charge in [-0.15, -0.1) is 0 Å². The molecule has 160 valence electrons. The summed E-state index contributed by atoms with van der Waals surface area (Å²) in [4.78, 5) is 10.4. The van der Waals surface area contributed by atoms with Crippen molar-refractivity contribution in [3.05, 3.63) is 52.3 Å². The summed E-state index contributed by atoms with van der Waals surface area (Å²) in [6, 6.07) is 2.19. The maximum absolute atomic E-state index is 4.58. The number of piperidine rings is 1. The quantitative estimate of drug-likeness (QED) is 0.614. The molecule has 3 N–H and O–H groups in total. The molecule has 0 bridgehead atoms. The van der Waals surface area contributed by atoms with Crippen LogP contribution in [0.3, 0.4) is 0 Å². The van der Waals surface area contributed by atoms with Crippen molar-refractivity contribution in [2.45, 2.75) is 32.6 Å². The second-order valence-electron chi connectivity index (χ2n) is 8.51. The van der Waals surface area contributed by atoms with E-state index in [9.17, 15) is 0 Å². The lowest BCUT2D eigenvalue weighted by Crippen LogP contribution is -2.29. The summed E-state index contributed by atoms with van der Waals surface area (Å²) in [7, 11) is 0. The average molecular weight is 415 g/mol. The highest BCUT2D eigenvalue weighted by atomic mass is 15.1. The first kappa shape index (κ1) is 19.8. The van der Waals surface area contributed by atoms with Crippen LogP contribution in [0.1, 0.15) is 32.6 Å². The Labute approximate surface area is 182 Å². The van der Waals surface area contributed by atoms with Crippen molar-refractivity contribution in [1.29, 1.82) is 0 Å². The third-order valence-corrected chi connectivity index (χ3v) is 6.45. The molecule has 0 spiro atoms. The standard InChI is InChI=1S/C25H30N6/c1-17(19-8-10-26-11-9-19)6-7-21-18(2)25(30-29-21)22-14-20-23(28-22)15-27-16-24(20)31-12-4-3-5-13-31/h6-8,14-16,26,28-29H,2-5,9-13H2,1H3/b17-6+,21-7+. The minimum Gasteiger partial charge on any atom is -0.370 e. The van der Waals surface area contributed by atoms with Crippen molar-refractivity contribution in [3.8, 4) is 11.4 Å². The van der Waals surface area contributed by atoms with Crippen molar-refractivity contribution in [1.82, 2.24) is 25.5 Å². The fraction of sp³-hybridized carbons (Fsp3) is 0.360. The van der Waals surface area contributed by atoms with E-state index in [0.29, 0.717) is 0 Å². The van der Waals surface area contributed by atoms with E-state index < -0.39 is 0 Å². The summed E-state index contributed by atoms with van der Waals surface area (Å²) in [5.74, 6) is 0. The highest BCUT2D eigenvalue weighted by molar-refractivity contribution is 5.95. The van der Waals surface area contributed by atoms with Gasteiger partial charge in [-0.25, -0.2) is 0 Å². The van der Waals surface area contributed by atoms with Gasteiger partial charge in [0.1, 0.15) is 5.69 Å². The molecule has 0 aliphatic carbocycles. The Hall–Kier alpha value is -3.12. The summed E-state index contributed by atoms with van der Waals surface area (Å²) < 4.78 is 0. The van der Waals surface area contributed by atoms with Crippen molar-refractivity contribution in [2.24, 2.45) is 0 Å². The van der Waals surface area contributed by atoms with Crippen molar-refractivity contribution < 1.29 is 0 Å². The van der Waals surface area contributed by atoms with Crippen LogP contribution in [-0.4, -0.2) is 46.3 Å². The number of fused-ring (bicyclic) bond motifs is 1. The zero-order valence-electron chi connectivity index (χ0n) is 18.2. The molecule has 1 saturated heterocycles. The molecule has 0 unspecified atom stereocenters. The predicted molar refractivity (Wildman–Crippen MR) is 128 cm³/mol. The largest absolute Gasteiger partial charge is 0.370 e. The van der Waals surface area contributed by atoms with Crippen molar-refractivity contribution in [2.75, 3.05) is 31.1 Å². The topological polar surface area (TPSA) is 72.6 Å². The summed E-state index contributed by atoms with van der Waals surface area (Å²) in [5.41, 5.74) is 6.79. The molecule has 5 rings (SSSR count). The van der Waals surface area contributed by atoms with Gasteiger partial charge in [0.05, 0.1) is 34.6 Å². The fourth-order valence-electron chi connectivity index (χ4n) is 4.59. The number of rotatable bonds is 4. The zero-order chi connectivity index (χ0) is 21.2. The van der Waals surface area contributed by atoms with Gasteiger partial charge in [-0.1, -0.05) is 18.7 Å². The van der Waals surface area contributed by atoms with Gasteiger partial charge in [0.2, 0.25) is 0 Å². The van der Waals surface area contributed by atoms with Gasteiger partial charge >= 0.3 is 0 Å². The molecular weight excluding hydrogens is 384 g/mol. The molecule has 0 amide bonds. The summed E-state index contributed by atoms with van der Waals surface area (Å²) in [6.07, 6.45) is 15.3. The normalized spacial score (nSPS) is 18.6. The number of pyridine rings is 1. The Morgan fingerprint density at radius 2 is 2.06 bits per heavy atom. The Balaban J connectivity index is 1.48. The number of H-pyrrole nitrogens is 2. The predicted octanol–water partition coefficient (Wildman–Crippen LogP) is 3.00. The summed E-state index contributed by atoms with van der Waals surface area (Å²) >= 11 is 0. The van der Waals surface area contributed by atoms with Crippen LogP contribution >= 0.6 is 0 Å². The van der Waals surface area contributed by atoms with Crippen LogP contribution < -0.4 is 20.8 Å². The molecule has 6 nitrogen and oxygen atoms in total. The Morgan fingerprint density at radius 1 is 1.19 bits per heavy atom. The van der Waals surface area contributed by atoms with Crippen LogP contribution in [0.5, 0.6) is 0 Å². The van der Waals surface area contributed by atoms with Crippen LogP contribution in [-0.2, 0) is 0 Å². The third kappa shape index (κ3) is 3.95. The highest BCUT2D eigenvalue weighted by Crippen LogP contribution is 2.30. The van der Waals surface area contributed by atoms with Crippen molar-refractivity contribution in [3.63, 3.8) is 0 Å². The van der Waals surface area contributed by atoms with Gasteiger partial charge in [0, 0.05) is 30.2 Å². The van der Waals surface area contributed by atoms with Crippen LogP contribution in [0.25, 0.3) is 34.9 Å². The SMILES string of the molecule is C=c1c(-c2cc3c(N4CCCCC4)cncc3[nH]2)n[nH]/c1=C/C=C(\C)C1=CCNCC1. The van der Waals surface area contributed by atoms with E-state index in [0.717, 1.165) is 60.1 Å². The Bertz CT molecular complexity index is 1250. The first-order chi connectivity index (χ1) is 15.2. The minimum atomic E-state index is 0.860. The van der Waals surface area contributed by atoms with E-state index in [2.05, 4.69) is 68.2 Å². The zero-order valence-corrected chi connectivity index (χ0v) is 18.2. The van der Waals surface area contributed by atoms with Crippen LogP contribution in [0.15, 0.2) is 41.8 Å². The molecule has 0 radical (unpaired) electrons. The molecule has 2 aliphatic heterocycles. The summed E-state index contributed by atoms with van der Waals surface area (Å²) in [5, 5.41) is 14.1. The van der Waals surface area contributed by atoms with Gasteiger partial charge in [0.25, 0.3) is 0 Å². The molecular formula is C25H30N6. The van der Waals surface area contributed by atoms with Crippen molar-refractivity contribution >= 4 is 29.2 Å². The number of hydrogen-bond donors (Lipinski definition) is 3. The maximum atomic E-state index is 4.58. The van der Waals surface area contributed by atoms with Gasteiger partial charge in [-0.2, -0.15) is 5.10 Å². The molecule has 0 atom stereocenters. The van der Waals surface area contributed by atoms with E-state index in [1.807, 2.05) is 12.4 Å². The second kappa shape index (κ2) is 8.55. The van der Waals surface area contributed by atoms with Gasteiger partial charge in [-0.05, 0) is 62.4 Å². The molecule has 6 heteroatoms. The lowest BCUT2D eigenvalue weighted by atomic mass is 10.0. The molecule has 3 aromatic rings. The van der Waals surface area contributed by atoms with E-state index in [1.165, 1.54) is 41.5 Å².